The molecule has 1 heterocycles. The maximum atomic E-state index is 4.64. The minimum absolute atomic E-state index is 0.0973. The Hall–Kier alpha value is -2.74. The predicted octanol–water partition coefficient (Wildman–Crippen LogP) is 5.75. The topological polar surface area (TPSA) is 25.8 Å². The molecule has 0 saturated heterocycles. The number of fused-ring (bicyclic) bond motifs is 2. The molecule has 0 aliphatic carbocycles. The van der Waals surface area contributed by atoms with Gasteiger partial charge < -0.3 is 0 Å². The molecule has 118 valence electrons. The molecule has 0 amide bonds. The molecule has 0 atom stereocenters. The Morgan fingerprint density at radius 3 is 2.38 bits per heavy atom. The largest absolute Gasteiger partial charge is 0.236 e. The molecule has 0 unspecified atom stereocenters. The van der Waals surface area contributed by atoms with Gasteiger partial charge in [-0.15, -0.1) is 0 Å². The summed E-state index contributed by atoms with van der Waals surface area (Å²) in [5.74, 6) is 0. The van der Waals surface area contributed by atoms with Crippen LogP contribution in [0.15, 0.2) is 67.0 Å². The smallest absolute Gasteiger partial charge is 0.116 e. The van der Waals surface area contributed by atoms with Crippen molar-refractivity contribution in [2.75, 3.05) is 0 Å². The number of nitrogens with zero attached hydrogens (tertiary/aromatic N) is 2. The normalized spacial score (nSPS) is 12.0. The molecule has 0 fully saturated rings. The van der Waals surface area contributed by atoms with Crippen molar-refractivity contribution in [2.45, 2.75) is 26.2 Å². The van der Waals surface area contributed by atoms with Crippen LogP contribution in [-0.2, 0) is 5.41 Å². The van der Waals surface area contributed by atoms with Crippen molar-refractivity contribution in [3.8, 4) is 11.3 Å². The third-order valence-corrected chi connectivity index (χ3v) is 4.55. The number of hydrogen-bond acceptors (Lipinski definition) is 2. The van der Waals surface area contributed by atoms with E-state index in [9.17, 15) is 0 Å². The Morgan fingerprint density at radius 1 is 0.750 bits per heavy atom. The molecule has 4 rings (SSSR count). The molecule has 0 saturated carbocycles. The Bertz CT molecular complexity index is 1040. The molecule has 0 aliphatic rings. The van der Waals surface area contributed by atoms with Crippen molar-refractivity contribution < 1.29 is 0 Å². The summed E-state index contributed by atoms with van der Waals surface area (Å²) < 4.78 is 0. The molecule has 3 aromatic carbocycles. The average Bonchev–Trinajstić information content (AvgIpc) is 2.59. The molecule has 0 radical (unpaired) electrons. The Kier molecular flexibility index (Phi) is 3.34. The van der Waals surface area contributed by atoms with Crippen molar-refractivity contribution >= 4 is 21.7 Å². The summed E-state index contributed by atoms with van der Waals surface area (Å²) in [5, 5.41) is 3.57. The number of benzene rings is 3. The van der Waals surface area contributed by atoms with Crippen LogP contribution in [0.4, 0.5) is 0 Å². The van der Waals surface area contributed by atoms with E-state index in [0.29, 0.717) is 0 Å². The maximum Gasteiger partial charge on any atom is 0.116 e. The van der Waals surface area contributed by atoms with E-state index in [1.165, 1.54) is 16.3 Å². The maximum absolute atomic E-state index is 4.64. The van der Waals surface area contributed by atoms with Crippen LogP contribution in [0.2, 0.25) is 0 Å². The van der Waals surface area contributed by atoms with E-state index >= 15 is 0 Å². The van der Waals surface area contributed by atoms with Crippen molar-refractivity contribution in [3.05, 3.63) is 72.6 Å². The van der Waals surface area contributed by atoms with Gasteiger partial charge in [0.2, 0.25) is 0 Å². The predicted molar refractivity (Wildman–Crippen MR) is 101 cm³/mol. The summed E-state index contributed by atoms with van der Waals surface area (Å²) in [6, 6.07) is 21.4. The molecule has 2 heteroatoms. The summed E-state index contributed by atoms with van der Waals surface area (Å²) >= 11 is 0. The fourth-order valence-corrected chi connectivity index (χ4v) is 3.17. The van der Waals surface area contributed by atoms with Crippen LogP contribution in [0.25, 0.3) is 32.9 Å². The second kappa shape index (κ2) is 5.41. The van der Waals surface area contributed by atoms with Crippen molar-refractivity contribution in [2.24, 2.45) is 0 Å². The molecule has 1 aromatic heterocycles. The third kappa shape index (κ3) is 2.44. The highest BCUT2D eigenvalue weighted by molar-refractivity contribution is 6.03. The van der Waals surface area contributed by atoms with Crippen LogP contribution >= 0.6 is 0 Å². The SMILES string of the molecule is CC(C)(C)c1ccc2ncnc(-c3cccc4ccccc34)c2c1. The number of aromatic nitrogens is 2. The minimum atomic E-state index is 0.0973. The Labute approximate surface area is 142 Å². The summed E-state index contributed by atoms with van der Waals surface area (Å²) in [6.45, 7) is 6.70. The van der Waals surface area contributed by atoms with E-state index in [2.05, 4.69) is 91.4 Å². The molecule has 24 heavy (non-hydrogen) atoms. The quantitative estimate of drug-likeness (QED) is 0.447. The van der Waals surface area contributed by atoms with Crippen molar-refractivity contribution in [3.63, 3.8) is 0 Å². The van der Waals surface area contributed by atoms with E-state index in [-0.39, 0.29) is 5.41 Å². The van der Waals surface area contributed by atoms with Crippen LogP contribution < -0.4 is 0 Å². The summed E-state index contributed by atoms with van der Waals surface area (Å²) in [4.78, 5) is 9.10. The van der Waals surface area contributed by atoms with Crippen molar-refractivity contribution in [1.29, 1.82) is 0 Å². The molecule has 0 aliphatic heterocycles. The van der Waals surface area contributed by atoms with E-state index in [1.807, 2.05) is 0 Å². The van der Waals surface area contributed by atoms with E-state index in [0.717, 1.165) is 22.2 Å². The second-order valence-corrected chi connectivity index (χ2v) is 7.23. The number of hydrogen-bond donors (Lipinski definition) is 0. The van der Waals surface area contributed by atoms with Gasteiger partial charge in [-0.2, -0.15) is 0 Å². The number of rotatable bonds is 1. The lowest BCUT2D eigenvalue weighted by molar-refractivity contribution is 0.591. The zero-order valence-corrected chi connectivity index (χ0v) is 14.2. The molecular formula is C22H20N2. The fourth-order valence-electron chi connectivity index (χ4n) is 3.17. The van der Waals surface area contributed by atoms with Gasteiger partial charge in [0.15, 0.2) is 0 Å². The highest BCUT2D eigenvalue weighted by Crippen LogP contribution is 2.33. The lowest BCUT2D eigenvalue weighted by Crippen LogP contribution is -2.10. The van der Waals surface area contributed by atoms with Crippen LogP contribution in [-0.4, -0.2) is 9.97 Å². The lowest BCUT2D eigenvalue weighted by atomic mass is 9.86. The highest BCUT2D eigenvalue weighted by Gasteiger charge is 2.16. The van der Waals surface area contributed by atoms with Crippen LogP contribution in [0.1, 0.15) is 26.3 Å². The third-order valence-electron chi connectivity index (χ3n) is 4.55. The second-order valence-electron chi connectivity index (χ2n) is 7.23. The van der Waals surface area contributed by atoms with E-state index < -0.39 is 0 Å². The van der Waals surface area contributed by atoms with E-state index in [4.69, 9.17) is 0 Å². The Balaban J connectivity index is 2.05. The molecular weight excluding hydrogens is 292 g/mol. The fraction of sp³-hybridized carbons (Fsp3) is 0.182. The Morgan fingerprint density at radius 2 is 1.54 bits per heavy atom. The van der Waals surface area contributed by atoms with E-state index in [1.54, 1.807) is 6.33 Å². The molecule has 0 spiro atoms. The average molecular weight is 312 g/mol. The molecule has 4 aromatic rings. The standard InChI is InChI=1S/C22H20N2/c1-22(2,3)16-11-12-20-19(13-16)21(24-14-23-20)18-10-6-8-15-7-4-5-9-17(15)18/h4-14H,1-3H3. The van der Waals surface area contributed by atoms with Crippen molar-refractivity contribution in [1.82, 2.24) is 9.97 Å². The lowest BCUT2D eigenvalue weighted by Gasteiger charge is -2.20. The van der Waals surface area contributed by atoms with Crippen LogP contribution in [0.3, 0.4) is 0 Å². The van der Waals surface area contributed by atoms with Gasteiger partial charge in [-0.25, -0.2) is 9.97 Å². The van der Waals surface area contributed by atoms with Crippen LogP contribution in [0.5, 0.6) is 0 Å². The van der Waals surface area contributed by atoms with Gasteiger partial charge in [-0.05, 0) is 33.9 Å². The summed E-state index contributed by atoms with van der Waals surface area (Å²) in [5.41, 5.74) is 4.54. The van der Waals surface area contributed by atoms with Gasteiger partial charge in [0.1, 0.15) is 6.33 Å². The first-order valence-electron chi connectivity index (χ1n) is 8.27. The van der Waals surface area contributed by atoms with Gasteiger partial charge in [-0.1, -0.05) is 69.3 Å². The first kappa shape index (κ1) is 14.8. The monoisotopic (exact) mass is 312 g/mol. The molecule has 0 bridgehead atoms. The van der Waals surface area contributed by atoms with Gasteiger partial charge in [-0.3, -0.25) is 0 Å². The zero-order chi connectivity index (χ0) is 16.7. The first-order chi connectivity index (χ1) is 11.5. The minimum Gasteiger partial charge on any atom is -0.236 e. The first-order valence-corrected chi connectivity index (χ1v) is 8.27. The highest BCUT2D eigenvalue weighted by atomic mass is 14.8. The summed E-state index contributed by atoms with van der Waals surface area (Å²) in [6.07, 6.45) is 1.66. The molecule has 0 N–H and O–H groups in total. The van der Waals surface area contributed by atoms with Crippen LogP contribution in [0, 0.1) is 0 Å². The summed E-state index contributed by atoms with van der Waals surface area (Å²) in [7, 11) is 0. The molecule has 2 nitrogen and oxygen atoms in total. The zero-order valence-electron chi connectivity index (χ0n) is 14.2. The van der Waals surface area contributed by atoms with Gasteiger partial charge in [0.25, 0.3) is 0 Å². The van der Waals surface area contributed by atoms with Gasteiger partial charge in [0.05, 0.1) is 11.2 Å². The van der Waals surface area contributed by atoms with Gasteiger partial charge in [0, 0.05) is 10.9 Å². The van der Waals surface area contributed by atoms with Gasteiger partial charge >= 0.3 is 0 Å².